The normalized spacial score (nSPS) is 49.6. The highest BCUT2D eigenvalue weighted by Gasteiger charge is 2.61. The van der Waals surface area contributed by atoms with Gasteiger partial charge in [0.1, 0.15) is 6.10 Å². The van der Waals surface area contributed by atoms with E-state index in [0.717, 1.165) is 12.0 Å². The van der Waals surface area contributed by atoms with E-state index in [1.165, 1.54) is 0 Å². The molecule has 0 aromatic heterocycles. The predicted molar refractivity (Wildman–Crippen MR) is 69.1 cm³/mol. The summed E-state index contributed by atoms with van der Waals surface area (Å²) in [6.45, 7) is 9.81. The monoisotopic (exact) mass is 264 g/mol. The Morgan fingerprint density at radius 3 is 2.74 bits per heavy atom. The van der Waals surface area contributed by atoms with Crippen LogP contribution in [0.15, 0.2) is 24.3 Å². The van der Waals surface area contributed by atoms with E-state index in [0.29, 0.717) is 18.4 Å². The van der Waals surface area contributed by atoms with E-state index in [9.17, 15) is 15.0 Å². The van der Waals surface area contributed by atoms with Crippen LogP contribution < -0.4 is 0 Å². The van der Waals surface area contributed by atoms with Gasteiger partial charge < -0.3 is 14.9 Å². The van der Waals surface area contributed by atoms with Crippen LogP contribution in [-0.2, 0) is 9.53 Å². The van der Waals surface area contributed by atoms with E-state index in [1.54, 1.807) is 0 Å². The number of fused-ring (bicyclic) bond motifs is 3. The fourth-order valence-corrected chi connectivity index (χ4v) is 4.26. The molecular weight excluding hydrogens is 244 g/mol. The Hall–Kier alpha value is -1.13. The van der Waals surface area contributed by atoms with E-state index in [2.05, 4.69) is 13.2 Å². The minimum Gasteiger partial charge on any atom is -0.458 e. The molecule has 2 aliphatic carbocycles. The summed E-state index contributed by atoms with van der Waals surface area (Å²) in [6.07, 6.45) is 0.248. The van der Waals surface area contributed by atoms with Gasteiger partial charge >= 0.3 is 5.97 Å². The number of esters is 1. The van der Waals surface area contributed by atoms with Crippen LogP contribution in [0.2, 0.25) is 0 Å². The minimum absolute atomic E-state index is 0.0900. The molecule has 4 heteroatoms. The van der Waals surface area contributed by atoms with E-state index in [-0.39, 0.29) is 11.8 Å². The first-order valence-corrected chi connectivity index (χ1v) is 6.80. The summed E-state index contributed by atoms with van der Waals surface area (Å²) in [5, 5.41) is 20.7. The van der Waals surface area contributed by atoms with Gasteiger partial charge in [-0.3, -0.25) is 0 Å². The SMILES string of the molecule is C=C1C(=O)O[C@H]2[C@H]1[C@@H](O)C[C@]1(C)[C@@H]2C(=C)CC[C@@H]1O. The lowest BCUT2D eigenvalue weighted by atomic mass is 9.53. The third-order valence-corrected chi connectivity index (χ3v) is 5.30. The number of rotatable bonds is 0. The molecule has 0 aromatic carbocycles. The highest BCUT2D eigenvalue weighted by atomic mass is 16.6. The number of aliphatic hydroxyl groups excluding tert-OH is 2. The molecule has 0 spiro atoms. The number of carbonyl (C=O) groups excluding carboxylic acids is 1. The van der Waals surface area contributed by atoms with E-state index in [1.807, 2.05) is 6.92 Å². The van der Waals surface area contributed by atoms with Gasteiger partial charge in [0, 0.05) is 16.9 Å². The van der Waals surface area contributed by atoms with Crippen molar-refractivity contribution in [1.29, 1.82) is 0 Å². The first-order valence-electron chi connectivity index (χ1n) is 6.80. The number of carbonyl (C=O) groups is 1. The van der Waals surface area contributed by atoms with Crippen LogP contribution in [0.3, 0.4) is 0 Å². The van der Waals surface area contributed by atoms with Crippen LogP contribution in [0.4, 0.5) is 0 Å². The topological polar surface area (TPSA) is 66.8 Å². The maximum absolute atomic E-state index is 11.7. The summed E-state index contributed by atoms with van der Waals surface area (Å²) in [7, 11) is 0. The molecule has 0 aromatic rings. The molecule has 2 saturated carbocycles. The molecular formula is C15H20O4. The Labute approximate surface area is 112 Å². The zero-order chi connectivity index (χ0) is 13.9. The van der Waals surface area contributed by atoms with Crippen molar-refractivity contribution in [2.75, 3.05) is 0 Å². The standard InChI is InChI=1S/C15H20O4/c1-7-4-5-10(17)15(3)6-9(16)11-8(2)14(18)19-13(11)12(7)15/h9-13,16-17H,1-2,4-6H2,3H3/t9-,10-,11+,12+,13-,15-/m0/s1. The molecule has 4 nitrogen and oxygen atoms in total. The molecule has 6 atom stereocenters. The Morgan fingerprint density at radius 2 is 2.05 bits per heavy atom. The number of hydrogen-bond donors (Lipinski definition) is 2. The van der Waals surface area contributed by atoms with Crippen molar-refractivity contribution in [2.45, 2.75) is 44.5 Å². The van der Waals surface area contributed by atoms with Crippen LogP contribution >= 0.6 is 0 Å². The third-order valence-electron chi connectivity index (χ3n) is 5.30. The molecule has 1 aliphatic heterocycles. The van der Waals surface area contributed by atoms with Gasteiger partial charge in [0.25, 0.3) is 0 Å². The number of ether oxygens (including phenoxy) is 1. The lowest BCUT2D eigenvalue weighted by Gasteiger charge is -2.54. The van der Waals surface area contributed by atoms with Gasteiger partial charge in [-0.1, -0.05) is 25.7 Å². The quantitative estimate of drug-likeness (QED) is 0.392. The predicted octanol–water partition coefficient (Wildman–Crippen LogP) is 1.18. The minimum atomic E-state index is -0.689. The molecule has 3 aliphatic rings. The first-order chi connectivity index (χ1) is 8.86. The maximum atomic E-state index is 11.7. The van der Waals surface area contributed by atoms with Gasteiger partial charge in [-0.05, 0) is 19.3 Å². The summed E-state index contributed by atoms with van der Waals surface area (Å²) < 4.78 is 5.43. The molecule has 0 unspecified atom stereocenters. The van der Waals surface area contributed by atoms with Crippen molar-refractivity contribution in [2.24, 2.45) is 17.3 Å². The van der Waals surface area contributed by atoms with Gasteiger partial charge in [-0.15, -0.1) is 0 Å². The number of hydrogen-bond acceptors (Lipinski definition) is 4. The molecule has 104 valence electrons. The molecule has 3 rings (SSSR count). The molecule has 1 saturated heterocycles. The fraction of sp³-hybridized carbons (Fsp3) is 0.667. The molecule has 19 heavy (non-hydrogen) atoms. The van der Waals surface area contributed by atoms with E-state index < -0.39 is 29.7 Å². The maximum Gasteiger partial charge on any atom is 0.334 e. The highest BCUT2D eigenvalue weighted by Crippen LogP contribution is 2.57. The van der Waals surface area contributed by atoms with E-state index >= 15 is 0 Å². The van der Waals surface area contributed by atoms with Crippen molar-refractivity contribution < 1.29 is 19.7 Å². The second-order valence-electron chi connectivity index (χ2n) is 6.39. The second-order valence-corrected chi connectivity index (χ2v) is 6.39. The summed E-state index contributed by atoms with van der Waals surface area (Å²) >= 11 is 0. The zero-order valence-electron chi connectivity index (χ0n) is 11.1. The highest BCUT2D eigenvalue weighted by molar-refractivity contribution is 5.91. The van der Waals surface area contributed by atoms with Crippen molar-refractivity contribution in [3.8, 4) is 0 Å². The largest absolute Gasteiger partial charge is 0.458 e. The summed E-state index contributed by atoms with van der Waals surface area (Å²) in [6, 6.07) is 0. The lowest BCUT2D eigenvalue weighted by molar-refractivity contribution is -0.161. The van der Waals surface area contributed by atoms with Crippen molar-refractivity contribution in [3.05, 3.63) is 24.3 Å². The van der Waals surface area contributed by atoms with Gasteiger partial charge in [0.15, 0.2) is 0 Å². The molecule has 0 radical (unpaired) electrons. The number of aliphatic hydroxyl groups is 2. The smallest absolute Gasteiger partial charge is 0.334 e. The zero-order valence-corrected chi connectivity index (χ0v) is 11.1. The van der Waals surface area contributed by atoms with Gasteiger partial charge in [0.2, 0.25) is 0 Å². The summed E-state index contributed by atoms with van der Waals surface area (Å²) in [5.74, 6) is -0.869. The molecule has 0 bridgehead atoms. The van der Waals surface area contributed by atoms with Crippen molar-refractivity contribution in [1.82, 2.24) is 0 Å². The van der Waals surface area contributed by atoms with Crippen LogP contribution in [0.1, 0.15) is 26.2 Å². The van der Waals surface area contributed by atoms with Gasteiger partial charge in [-0.25, -0.2) is 4.79 Å². The van der Waals surface area contributed by atoms with E-state index in [4.69, 9.17) is 4.74 Å². The second kappa shape index (κ2) is 3.93. The van der Waals surface area contributed by atoms with Gasteiger partial charge in [0.05, 0.1) is 18.1 Å². The first kappa shape index (κ1) is 12.9. The Kier molecular flexibility index (Phi) is 2.67. The Morgan fingerprint density at radius 1 is 1.37 bits per heavy atom. The molecule has 1 heterocycles. The van der Waals surface area contributed by atoms with Gasteiger partial charge in [-0.2, -0.15) is 0 Å². The van der Waals surface area contributed by atoms with Crippen LogP contribution in [0.5, 0.6) is 0 Å². The van der Waals surface area contributed by atoms with Crippen molar-refractivity contribution >= 4 is 5.97 Å². The fourth-order valence-electron chi connectivity index (χ4n) is 4.26. The van der Waals surface area contributed by atoms with Crippen LogP contribution in [0, 0.1) is 17.3 Å². The Bertz CT molecular complexity index is 469. The molecule has 3 fully saturated rings. The molecule has 0 amide bonds. The average molecular weight is 264 g/mol. The molecule has 2 N–H and O–H groups in total. The van der Waals surface area contributed by atoms with Crippen LogP contribution in [0.25, 0.3) is 0 Å². The average Bonchev–Trinajstić information content (AvgIpc) is 2.61. The lowest BCUT2D eigenvalue weighted by Crippen LogP contribution is -2.57. The van der Waals surface area contributed by atoms with Crippen molar-refractivity contribution in [3.63, 3.8) is 0 Å². The third kappa shape index (κ3) is 1.56. The Balaban J connectivity index is 2.05. The van der Waals surface area contributed by atoms with Crippen LogP contribution in [-0.4, -0.2) is 34.5 Å². The summed E-state index contributed by atoms with van der Waals surface area (Å²) in [4.78, 5) is 11.7. The summed E-state index contributed by atoms with van der Waals surface area (Å²) in [5.41, 5.74) is 0.894.